The molecule has 0 amide bonds. The van der Waals surface area contributed by atoms with Gasteiger partial charge in [-0.1, -0.05) is 12.1 Å². The summed E-state index contributed by atoms with van der Waals surface area (Å²) in [6.07, 6.45) is 0. The van der Waals surface area contributed by atoms with Gasteiger partial charge in [-0.25, -0.2) is 12.8 Å². The van der Waals surface area contributed by atoms with Gasteiger partial charge in [0.15, 0.2) is 0 Å². The molecular formula is C13H11Br2FN2O2S. The number of hydrogen-bond acceptors (Lipinski definition) is 3. The van der Waals surface area contributed by atoms with Crippen molar-refractivity contribution in [1.82, 2.24) is 0 Å². The van der Waals surface area contributed by atoms with Gasteiger partial charge < -0.3 is 5.73 Å². The molecule has 112 valence electrons. The number of rotatable bonds is 3. The van der Waals surface area contributed by atoms with E-state index in [0.29, 0.717) is 11.3 Å². The minimum absolute atomic E-state index is 0.0423. The zero-order valence-corrected chi connectivity index (χ0v) is 14.8. The van der Waals surface area contributed by atoms with E-state index in [1.807, 2.05) is 0 Å². The lowest BCUT2D eigenvalue weighted by Gasteiger charge is -2.14. The van der Waals surface area contributed by atoms with Crippen LogP contribution in [0.15, 0.2) is 44.2 Å². The fourth-order valence-electron chi connectivity index (χ4n) is 1.78. The molecule has 0 unspecified atom stereocenters. The molecule has 2 aromatic carbocycles. The number of sulfonamides is 1. The molecule has 0 aliphatic heterocycles. The fraction of sp³-hybridized carbons (Fsp3) is 0.0769. The topological polar surface area (TPSA) is 72.2 Å². The SMILES string of the molecule is Cc1cccc(F)c1NS(=O)(=O)c1c(Br)cc(N)cc1Br. The second kappa shape index (κ2) is 5.94. The lowest BCUT2D eigenvalue weighted by molar-refractivity contribution is 0.597. The Morgan fingerprint density at radius 3 is 2.29 bits per heavy atom. The summed E-state index contributed by atoms with van der Waals surface area (Å²) in [5, 5.41) is 0. The molecule has 0 heterocycles. The van der Waals surface area contributed by atoms with Crippen molar-refractivity contribution < 1.29 is 12.8 Å². The van der Waals surface area contributed by atoms with Crippen molar-refractivity contribution in [3.63, 3.8) is 0 Å². The zero-order chi connectivity index (χ0) is 15.8. The molecule has 21 heavy (non-hydrogen) atoms. The van der Waals surface area contributed by atoms with Crippen LogP contribution >= 0.6 is 31.9 Å². The third-order valence-electron chi connectivity index (χ3n) is 2.75. The number of nitrogen functional groups attached to an aromatic ring is 1. The van der Waals surface area contributed by atoms with E-state index < -0.39 is 15.8 Å². The van der Waals surface area contributed by atoms with Crippen LogP contribution in [0.2, 0.25) is 0 Å². The normalized spacial score (nSPS) is 11.4. The second-order valence-corrected chi connectivity index (χ2v) is 7.68. The van der Waals surface area contributed by atoms with Crippen molar-refractivity contribution >= 4 is 53.3 Å². The molecule has 0 saturated heterocycles. The highest BCUT2D eigenvalue weighted by Gasteiger charge is 2.23. The molecule has 2 aromatic rings. The molecule has 0 aliphatic carbocycles. The first-order valence-electron chi connectivity index (χ1n) is 5.75. The summed E-state index contributed by atoms with van der Waals surface area (Å²) < 4.78 is 41.6. The van der Waals surface area contributed by atoms with Gasteiger partial charge in [0.1, 0.15) is 10.7 Å². The van der Waals surface area contributed by atoms with E-state index in [2.05, 4.69) is 36.6 Å². The second-order valence-electron chi connectivity index (χ2n) is 4.35. The monoisotopic (exact) mass is 436 g/mol. The molecule has 0 atom stereocenters. The molecule has 3 N–H and O–H groups in total. The lowest BCUT2D eigenvalue weighted by atomic mass is 10.2. The van der Waals surface area contributed by atoms with Gasteiger partial charge in [-0.2, -0.15) is 0 Å². The van der Waals surface area contributed by atoms with E-state index in [0.717, 1.165) is 0 Å². The van der Waals surface area contributed by atoms with Gasteiger partial charge in [-0.15, -0.1) is 0 Å². The molecule has 0 bridgehead atoms. The van der Waals surface area contributed by atoms with Gasteiger partial charge in [-0.3, -0.25) is 4.72 Å². The first-order valence-corrected chi connectivity index (χ1v) is 8.82. The van der Waals surface area contributed by atoms with Crippen LogP contribution in [0.1, 0.15) is 5.56 Å². The average Bonchev–Trinajstić information content (AvgIpc) is 2.32. The van der Waals surface area contributed by atoms with Crippen LogP contribution in [0.25, 0.3) is 0 Å². The van der Waals surface area contributed by atoms with Crippen molar-refractivity contribution in [2.75, 3.05) is 10.5 Å². The Morgan fingerprint density at radius 2 is 1.76 bits per heavy atom. The summed E-state index contributed by atoms with van der Waals surface area (Å²) in [7, 11) is -3.98. The molecule has 0 fully saturated rings. The highest BCUT2D eigenvalue weighted by atomic mass is 79.9. The number of para-hydroxylation sites is 1. The third-order valence-corrected chi connectivity index (χ3v) is 5.97. The molecule has 0 saturated carbocycles. The van der Waals surface area contributed by atoms with E-state index in [1.54, 1.807) is 13.0 Å². The number of nitrogens with one attached hydrogen (secondary N) is 1. The lowest BCUT2D eigenvalue weighted by Crippen LogP contribution is -2.16. The van der Waals surface area contributed by atoms with Crippen molar-refractivity contribution in [3.05, 3.63) is 50.7 Å². The predicted molar refractivity (Wildman–Crippen MR) is 88.2 cm³/mol. The van der Waals surface area contributed by atoms with Gasteiger partial charge >= 0.3 is 0 Å². The van der Waals surface area contributed by atoms with E-state index in [-0.39, 0.29) is 19.5 Å². The summed E-state index contributed by atoms with van der Waals surface area (Å²) in [6, 6.07) is 7.25. The maximum atomic E-state index is 13.8. The van der Waals surface area contributed by atoms with Crippen LogP contribution < -0.4 is 10.5 Å². The Hall–Kier alpha value is -1.12. The average molecular weight is 438 g/mol. The Morgan fingerprint density at radius 1 is 1.19 bits per heavy atom. The quantitative estimate of drug-likeness (QED) is 0.711. The minimum atomic E-state index is -3.98. The fourth-order valence-corrected chi connectivity index (χ4v) is 5.54. The van der Waals surface area contributed by atoms with Crippen molar-refractivity contribution in [2.24, 2.45) is 0 Å². The zero-order valence-electron chi connectivity index (χ0n) is 10.8. The predicted octanol–water partition coefficient (Wildman–Crippen LogP) is 4.04. The standard InChI is InChI=1S/C13H11Br2FN2O2S/c1-7-3-2-4-11(16)12(7)18-21(19,20)13-9(14)5-8(17)6-10(13)15/h2-6,18H,17H2,1H3. The number of anilines is 2. The summed E-state index contributed by atoms with van der Waals surface area (Å²) in [5.74, 6) is -0.638. The summed E-state index contributed by atoms with van der Waals surface area (Å²) in [5.41, 5.74) is 6.45. The van der Waals surface area contributed by atoms with Gasteiger partial charge in [0.25, 0.3) is 10.0 Å². The van der Waals surface area contributed by atoms with E-state index in [9.17, 15) is 12.8 Å². The molecule has 0 radical (unpaired) electrons. The van der Waals surface area contributed by atoms with Gasteiger partial charge in [0, 0.05) is 14.6 Å². The molecule has 2 rings (SSSR count). The van der Waals surface area contributed by atoms with Gasteiger partial charge in [-0.05, 0) is 62.5 Å². The minimum Gasteiger partial charge on any atom is -0.399 e. The largest absolute Gasteiger partial charge is 0.399 e. The number of benzene rings is 2. The Labute approximate surface area is 138 Å². The van der Waals surface area contributed by atoms with Gasteiger partial charge in [0.2, 0.25) is 0 Å². The van der Waals surface area contributed by atoms with E-state index in [1.165, 1.54) is 24.3 Å². The van der Waals surface area contributed by atoms with Crippen molar-refractivity contribution in [2.45, 2.75) is 11.8 Å². The van der Waals surface area contributed by atoms with Crippen LogP contribution in [0.3, 0.4) is 0 Å². The molecule has 0 aromatic heterocycles. The van der Waals surface area contributed by atoms with Crippen molar-refractivity contribution in [1.29, 1.82) is 0 Å². The molecular weight excluding hydrogens is 427 g/mol. The van der Waals surface area contributed by atoms with Gasteiger partial charge in [0.05, 0.1) is 5.69 Å². The number of halogens is 3. The maximum Gasteiger partial charge on any atom is 0.264 e. The van der Waals surface area contributed by atoms with Crippen LogP contribution in [0, 0.1) is 12.7 Å². The molecule has 0 aliphatic rings. The highest BCUT2D eigenvalue weighted by Crippen LogP contribution is 2.34. The summed E-state index contributed by atoms with van der Waals surface area (Å²) >= 11 is 6.32. The number of aryl methyl sites for hydroxylation is 1. The molecule has 8 heteroatoms. The Kier molecular flexibility index (Phi) is 4.60. The van der Waals surface area contributed by atoms with Crippen LogP contribution in [0.5, 0.6) is 0 Å². The Balaban J connectivity index is 2.54. The molecule has 4 nitrogen and oxygen atoms in total. The first kappa shape index (κ1) is 16.3. The van der Waals surface area contributed by atoms with Crippen LogP contribution in [-0.4, -0.2) is 8.42 Å². The van der Waals surface area contributed by atoms with Crippen LogP contribution in [-0.2, 0) is 10.0 Å². The van der Waals surface area contributed by atoms with Crippen LogP contribution in [0.4, 0.5) is 15.8 Å². The first-order chi connectivity index (χ1) is 9.72. The molecule has 0 spiro atoms. The number of hydrogen-bond donors (Lipinski definition) is 2. The maximum absolute atomic E-state index is 13.8. The summed E-state index contributed by atoms with van der Waals surface area (Å²) in [4.78, 5) is -0.0423. The van der Waals surface area contributed by atoms with Crippen molar-refractivity contribution in [3.8, 4) is 0 Å². The number of nitrogens with two attached hydrogens (primary N) is 1. The highest BCUT2D eigenvalue weighted by molar-refractivity contribution is 9.11. The smallest absolute Gasteiger partial charge is 0.264 e. The Bertz CT molecular complexity index is 767. The van der Waals surface area contributed by atoms with E-state index >= 15 is 0 Å². The third kappa shape index (κ3) is 3.38. The van der Waals surface area contributed by atoms with E-state index in [4.69, 9.17) is 5.73 Å². The summed E-state index contributed by atoms with van der Waals surface area (Å²) in [6.45, 7) is 1.62.